The van der Waals surface area contributed by atoms with Crippen LogP contribution in [-0.4, -0.2) is 19.1 Å². The summed E-state index contributed by atoms with van der Waals surface area (Å²) in [6.07, 6.45) is 0. The highest BCUT2D eigenvalue weighted by molar-refractivity contribution is 8.00. The SMILES string of the molecule is c1ccc(-c2nc(-c3cccc(-c4cccc5c4Sc4cccc6c7c8ccccc8n(-c8ccccc8)c7n-5c46)c3)nc3sc4ccccc4c23)cc1. The van der Waals surface area contributed by atoms with E-state index in [1.54, 1.807) is 11.3 Å². The molecule has 0 N–H and O–H groups in total. The third-order valence-electron chi connectivity index (χ3n) is 10.7. The quantitative estimate of drug-likeness (QED) is 0.181. The Labute approximate surface area is 318 Å². The molecule has 12 rings (SSSR count). The predicted octanol–water partition coefficient (Wildman–Crippen LogP) is 13.4. The minimum Gasteiger partial charge on any atom is -0.295 e. The third-order valence-corrected chi connectivity index (χ3v) is 13.0. The van der Waals surface area contributed by atoms with Crippen molar-refractivity contribution in [2.75, 3.05) is 0 Å². The van der Waals surface area contributed by atoms with Crippen molar-refractivity contribution in [3.8, 4) is 45.1 Å². The first-order valence-electron chi connectivity index (χ1n) is 18.1. The lowest BCUT2D eigenvalue weighted by Gasteiger charge is -2.23. The van der Waals surface area contributed by atoms with Crippen LogP contribution < -0.4 is 0 Å². The van der Waals surface area contributed by atoms with Gasteiger partial charge in [-0.1, -0.05) is 139 Å². The normalized spacial score (nSPS) is 12.4. The van der Waals surface area contributed by atoms with Gasteiger partial charge in [0.25, 0.3) is 0 Å². The molecule has 252 valence electrons. The molecule has 1 aliphatic heterocycles. The van der Waals surface area contributed by atoms with Crippen molar-refractivity contribution < 1.29 is 0 Å². The molecule has 0 saturated heterocycles. The highest BCUT2D eigenvalue weighted by Gasteiger charge is 2.29. The number of hydrogen-bond acceptors (Lipinski definition) is 4. The average molecular weight is 725 g/mol. The maximum Gasteiger partial charge on any atom is 0.161 e. The average Bonchev–Trinajstić information content (AvgIpc) is 3.90. The summed E-state index contributed by atoms with van der Waals surface area (Å²) >= 11 is 3.60. The minimum atomic E-state index is 0.735. The fourth-order valence-corrected chi connectivity index (χ4v) is 10.7. The molecule has 1 aliphatic rings. The van der Waals surface area contributed by atoms with E-state index < -0.39 is 0 Å². The van der Waals surface area contributed by atoms with Gasteiger partial charge in [-0.15, -0.1) is 11.3 Å². The fraction of sp³-hybridized carbons (Fsp3) is 0. The molecule has 4 nitrogen and oxygen atoms in total. The van der Waals surface area contributed by atoms with Crippen molar-refractivity contribution in [1.29, 1.82) is 0 Å². The van der Waals surface area contributed by atoms with Crippen LogP contribution in [-0.2, 0) is 0 Å². The number of fused-ring (bicyclic) bond motifs is 10. The van der Waals surface area contributed by atoms with Crippen molar-refractivity contribution in [1.82, 2.24) is 19.1 Å². The molecule has 0 bridgehead atoms. The molecule has 0 unspecified atom stereocenters. The van der Waals surface area contributed by atoms with Gasteiger partial charge in [-0.2, -0.15) is 0 Å². The first-order chi connectivity index (χ1) is 26.8. The molecule has 4 aromatic heterocycles. The molecular formula is C48H28N4S2. The van der Waals surface area contributed by atoms with Crippen LogP contribution in [0.2, 0.25) is 0 Å². The second kappa shape index (κ2) is 11.5. The van der Waals surface area contributed by atoms with Crippen molar-refractivity contribution in [2.24, 2.45) is 0 Å². The van der Waals surface area contributed by atoms with Gasteiger partial charge in [0.1, 0.15) is 10.5 Å². The third kappa shape index (κ3) is 4.26. The summed E-state index contributed by atoms with van der Waals surface area (Å²) < 4.78 is 6.17. The topological polar surface area (TPSA) is 35.6 Å². The number of benzene rings is 7. The van der Waals surface area contributed by atoms with Crippen LogP contribution in [0.1, 0.15) is 0 Å². The fourth-order valence-electron chi connectivity index (χ4n) is 8.45. The molecule has 0 radical (unpaired) electrons. The Morgan fingerprint density at radius 1 is 0.500 bits per heavy atom. The van der Waals surface area contributed by atoms with Crippen LogP contribution in [0.5, 0.6) is 0 Å². The molecule has 6 heteroatoms. The molecule has 0 fully saturated rings. The second-order valence-corrected chi connectivity index (χ2v) is 15.8. The van der Waals surface area contributed by atoms with Crippen molar-refractivity contribution in [2.45, 2.75) is 9.79 Å². The van der Waals surface area contributed by atoms with Gasteiger partial charge in [0.05, 0.1) is 22.4 Å². The van der Waals surface area contributed by atoms with Gasteiger partial charge in [-0.05, 0) is 53.6 Å². The number of aromatic nitrogens is 4. The summed E-state index contributed by atoms with van der Waals surface area (Å²) in [7, 11) is 0. The van der Waals surface area contributed by atoms with Gasteiger partial charge in [0.15, 0.2) is 5.82 Å². The van der Waals surface area contributed by atoms with Crippen molar-refractivity contribution in [3.63, 3.8) is 0 Å². The number of thiophene rings is 1. The van der Waals surface area contributed by atoms with Crippen LogP contribution in [0.4, 0.5) is 0 Å². The molecule has 0 saturated carbocycles. The highest BCUT2D eigenvalue weighted by atomic mass is 32.2. The molecule has 5 heterocycles. The van der Waals surface area contributed by atoms with Gasteiger partial charge < -0.3 is 0 Å². The summed E-state index contributed by atoms with van der Waals surface area (Å²) in [5.41, 5.74) is 11.4. The van der Waals surface area contributed by atoms with Crippen LogP contribution in [0.25, 0.3) is 98.3 Å². The summed E-state index contributed by atoms with van der Waals surface area (Å²) in [6, 6.07) is 60.9. The predicted molar refractivity (Wildman–Crippen MR) is 227 cm³/mol. The molecule has 0 spiro atoms. The molecular weight excluding hydrogens is 697 g/mol. The summed E-state index contributed by atoms with van der Waals surface area (Å²) in [5, 5.41) is 6.15. The monoisotopic (exact) mass is 724 g/mol. The number of nitrogens with zero attached hydrogens (tertiary/aromatic N) is 4. The van der Waals surface area contributed by atoms with E-state index in [0.717, 1.165) is 44.1 Å². The van der Waals surface area contributed by atoms with E-state index >= 15 is 0 Å². The zero-order valence-electron chi connectivity index (χ0n) is 28.8. The lowest BCUT2D eigenvalue weighted by atomic mass is 10.0. The van der Waals surface area contributed by atoms with Crippen LogP contribution in [0, 0.1) is 0 Å². The zero-order chi connectivity index (χ0) is 35.3. The van der Waals surface area contributed by atoms with Crippen molar-refractivity contribution >= 4 is 76.2 Å². The van der Waals surface area contributed by atoms with Gasteiger partial charge >= 0.3 is 0 Å². The highest BCUT2D eigenvalue weighted by Crippen LogP contribution is 2.52. The molecule has 0 amide bonds. The van der Waals surface area contributed by atoms with Crippen LogP contribution >= 0.6 is 23.1 Å². The Morgan fingerprint density at radius 2 is 1.20 bits per heavy atom. The van der Waals surface area contributed by atoms with E-state index in [4.69, 9.17) is 9.97 Å². The summed E-state index contributed by atoms with van der Waals surface area (Å²) in [5.74, 6) is 0.735. The van der Waals surface area contributed by atoms with Crippen LogP contribution in [0.15, 0.2) is 180 Å². The van der Waals surface area contributed by atoms with E-state index in [9.17, 15) is 0 Å². The maximum atomic E-state index is 5.31. The Hall–Kier alpha value is -6.47. The van der Waals surface area contributed by atoms with Gasteiger partial charge in [0.2, 0.25) is 0 Å². The maximum absolute atomic E-state index is 5.31. The second-order valence-electron chi connectivity index (χ2n) is 13.8. The molecule has 0 atom stereocenters. The lowest BCUT2D eigenvalue weighted by Crippen LogP contribution is -2.06. The van der Waals surface area contributed by atoms with Gasteiger partial charge in [0, 0.05) is 58.2 Å². The Bertz CT molecular complexity index is 3300. The Morgan fingerprint density at radius 3 is 2.09 bits per heavy atom. The molecule has 54 heavy (non-hydrogen) atoms. The molecule has 0 aliphatic carbocycles. The largest absolute Gasteiger partial charge is 0.295 e. The molecule has 7 aromatic carbocycles. The number of para-hydroxylation sites is 3. The first kappa shape index (κ1) is 30.0. The lowest BCUT2D eigenvalue weighted by molar-refractivity contribution is 1.03. The zero-order valence-corrected chi connectivity index (χ0v) is 30.4. The van der Waals surface area contributed by atoms with E-state index in [1.807, 2.05) is 11.8 Å². The Kier molecular flexibility index (Phi) is 6.40. The van der Waals surface area contributed by atoms with E-state index in [-0.39, 0.29) is 0 Å². The van der Waals surface area contributed by atoms with Gasteiger partial charge in [-0.3, -0.25) is 9.13 Å². The van der Waals surface area contributed by atoms with Crippen molar-refractivity contribution in [3.05, 3.63) is 170 Å². The van der Waals surface area contributed by atoms with Gasteiger partial charge in [-0.25, -0.2) is 9.97 Å². The van der Waals surface area contributed by atoms with E-state index in [1.165, 1.54) is 64.0 Å². The summed E-state index contributed by atoms with van der Waals surface area (Å²) in [6.45, 7) is 0. The smallest absolute Gasteiger partial charge is 0.161 e. The van der Waals surface area contributed by atoms with E-state index in [0.29, 0.717) is 0 Å². The summed E-state index contributed by atoms with van der Waals surface area (Å²) in [4.78, 5) is 14.0. The van der Waals surface area contributed by atoms with Crippen LogP contribution in [0.3, 0.4) is 0 Å². The Balaban J connectivity index is 1.08. The first-order valence-corrected chi connectivity index (χ1v) is 19.7. The minimum absolute atomic E-state index is 0.735. The molecule has 11 aromatic rings. The van der Waals surface area contributed by atoms with E-state index in [2.05, 4.69) is 179 Å². The number of rotatable bonds is 4. The standard InChI is InChI=1S/C48H28N4S2/c1-3-14-29(15-4-1)43-42-35-21-8-10-26-39(35)54-47(42)50-46(49-43)31-17-11-16-30(28-31)33-22-12-25-38-45(33)53-40-27-13-23-36-41-34-20-7-9-24-37(34)51(32-18-5-2-6-19-32)48(41)52(38)44(36)40/h1-28H. The number of hydrogen-bond donors (Lipinski definition) is 0.